The molecule has 0 bridgehead atoms. The molecular weight excluding hydrogens is 265 g/mol. The standard InChI is InChI=1S/C14H17ClFN3/c1-9(12-8-19(3)18-10(12)2)17-7-11-4-5-14(16)13(15)6-11/h4-6,8-9,17H,7H2,1-3H3. The van der Waals surface area contributed by atoms with Crippen molar-refractivity contribution < 1.29 is 4.39 Å². The SMILES string of the molecule is Cc1nn(C)cc1C(C)NCc1ccc(F)c(Cl)c1. The normalized spacial score (nSPS) is 12.7. The summed E-state index contributed by atoms with van der Waals surface area (Å²) in [6.45, 7) is 4.70. The van der Waals surface area contributed by atoms with E-state index in [1.165, 1.54) is 6.07 Å². The number of nitrogens with zero attached hydrogens (tertiary/aromatic N) is 2. The Balaban J connectivity index is 2.02. The smallest absolute Gasteiger partial charge is 0.141 e. The van der Waals surface area contributed by atoms with Crippen molar-refractivity contribution in [1.82, 2.24) is 15.1 Å². The van der Waals surface area contributed by atoms with Gasteiger partial charge in [-0.15, -0.1) is 0 Å². The van der Waals surface area contributed by atoms with Gasteiger partial charge in [0.2, 0.25) is 0 Å². The van der Waals surface area contributed by atoms with Crippen LogP contribution < -0.4 is 5.32 Å². The summed E-state index contributed by atoms with van der Waals surface area (Å²) in [7, 11) is 1.91. The van der Waals surface area contributed by atoms with E-state index in [-0.39, 0.29) is 16.9 Å². The van der Waals surface area contributed by atoms with Gasteiger partial charge < -0.3 is 5.32 Å². The summed E-state index contributed by atoms with van der Waals surface area (Å²) in [5.74, 6) is -0.387. The van der Waals surface area contributed by atoms with Gasteiger partial charge in [-0.1, -0.05) is 17.7 Å². The largest absolute Gasteiger partial charge is 0.306 e. The van der Waals surface area contributed by atoms with Gasteiger partial charge in [-0.3, -0.25) is 4.68 Å². The van der Waals surface area contributed by atoms with E-state index in [9.17, 15) is 4.39 Å². The van der Waals surface area contributed by atoms with Crippen molar-refractivity contribution in [2.45, 2.75) is 26.4 Å². The molecule has 3 nitrogen and oxygen atoms in total. The third-order valence-electron chi connectivity index (χ3n) is 3.11. The zero-order chi connectivity index (χ0) is 14.0. The molecule has 0 saturated heterocycles. The Morgan fingerprint density at radius 1 is 1.47 bits per heavy atom. The van der Waals surface area contributed by atoms with E-state index in [1.54, 1.807) is 16.8 Å². The average molecular weight is 282 g/mol. The van der Waals surface area contributed by atoms with Crippen molar-refractivity contribution in [2.24, 2.45) is 7.05 Å². The van der Waals surface area contributed by atoms with Crippen molar-refractivity contribution in [3.05, 3.63) is 52.1 Å². The molecule has 5 heteroatoms. The number of hydrogen-bond acceptors (Lipinski definition) is 2. The second-order valence-corrected chi connectivity index (χ2v) is 5.10. The van der Waals surface area contributed by atoms with Gasteiger partial charge >= 0.3 is 0 Å². The minimum atomic E-state index is -0.387. The highest BCUT2D eigenvalue weighted by molar-refractivity contribution is 6.30. The number of benzene rings is 1. The molecule has 0 aliphatic carbocycles. The van der Waals surface area contributed by atoms with E-state index in [0.717, 1.165) is 16.8 Å². The lowest BCUT2D eigenvalue weighted by molar-refractivity contribution is 0.570. The summed E-state index contributed by atoms with van der Waals surface area (Å²) in [5, 5.41) is 7.86. The molecule has 1 aromatic heterocycles. The predicted molar refractivity (Wildman–Crippen MR) is 74.6 cm³/mol. The Morgan fingerprint density at radius 2 is 2.21 bits per heavy atom. The molecule has 1 unspecified atom stereocenters. The molecule has 0 aliphatic rings. The third-order valence-corrected chi connectivity index (χ3v) is 3.40. The van der Waals surface area contributed by atoms with Gasteiger partial charge in [0.15, 0.2) is 0 Å². The molecule has 1 N–H and O–H groups in total. The predicted octanol–water partition coefficient (Wildman–Crippen LogP) is 3.37. The fourth-order valence-corrected chi connectivity index (χ4v) is 2.28. The number of nitrogens with one attached hydrogen (secondary N) is 1. The summed E-state index contributed by atoms with van der Waals surface area (Å²) in [6, 6.07) is 4.95. The summed E-state index contributed by atoms with van der Waals surface area (Å²) < 4.78 is 14.9. The van der Waals surface area contributed by atoms with Crippen molar-refractivity contribution in [3.63, 3.8) is 0 Å². The molecule has 102 valence electrons. The Labute approximate surface area is 117 Å². The Kier molecular flexibility index (Phi) is 4.22. The van der Waals surface area contributed by atoms with E-state index in [0.29, 0.717) is 6.54 Å². The summed E-state index contributed by atoms with van der Waals surface area (Å²) >= 11 is 5.76. The average Bonchev–Trinajstić information content (AvgIpc) is 2.70. The van der Waals surface area contributed by atoms with E-state index in [4.69, 9.17) is 11.6 Å². The number of aromatic nitrogens is 2. The molecule has 0 spiro atoms. The number of halogens is 2. The molecular formula is C14H17ClFN3. The van der Waals surface area contributed by atoms with Crippen LogP contribution >= 0.6 is 11.6 Å². The lowest BCUT2D eigenvalue weighted by atomic mass is 10.1. The molecule has 1 atom stereocenters. The highest BCUT2D eigenvalue weighted by Gasteiger charge is 2.11. The van der Waals surface area contributed by atoms with Crippen LogP contribution in [0.2, 0.25) is 5.02 Å². The molecule has 0 amide bonds. The maximum atomic E-state index is 13.1. The van der Waals surface area contributed by atoms with Gasteiger partial charge in [-0.05, 0) is 31.5 Å². The quantitative estimate of drug-likeness (QED) is 0.931. The van der Waals surface area contributed by atoms with Crippen LogP contribution in [0.5, 0.6) is 0 Å². The van der Waals surface area contributed by atoms with Crippen molar-refractivity contribution in [3.8, 4) is 0 Å². The Hall–Kier alpha value is -1.39. The van der Waals surface area contributed by atoms with Crippen LogP contribution in [-0.4, -0.2) is 9.78 Å². The van der Waals surface area contributed by atoms with Gasteiger partial charge in [0, 0.05) is 31.4 Å². The van der Waals surface area contributed by atoms with E-state index in [1.807, 2.05) is 20.2 Å². The van der Waals surface area contributed by atoms with Crippen LogP contribution in [0.4, 0.5) is 4.39 Å². The molecule has 19 heavy (non-hydrogen) atoms. The zero-order valence-corrected chi connectivity index (χ0v) is 12.0. The van der Waals surface area contributed by atoms with Gasteiger partial charge in [-0.2, -0.15) is 5.10 Å². The molecule has 0 aliphatic heterocycles. The first-order valence-electron chi connectivity index (χ1n) is 6.15. The van der Waals surface area contributed by atoms with Crippen molar-refractivity contribution in [2.75, 3.05) is 0 Å². The lowest BCUT2D eigenvalue weighted by Crippen LogP contribution is -2.18. The first-order valence-corrected chi connectivity index (χ1v) is 6.52. The molecule has 0 radical (unpaired) electrons. The number of rotatable bonds is 4. The topological polar surface area (TPSA) is 29.9 Å². The van der Waals surface area contributed by atoms with Crippen LogP contribution in [0.15, 0.2) is 24.4 Å². The van der Waals surface area contributed by atoms with Crippen LogP contribution in [0.3, 0.4) is 0 Å². The Bertz CT molecular complexity index is 580. The second-order valence-electron chi connectivity index (χ2n) is 4.69. The number of aryl methyl sites for hydroxylation is 2. The van der Waals surface area contributed by atoms with Gasteiger partial charge in [0.1, 0.15) is 5.82 Å². The molecule has 2 rings (SSSR count). The minimum absolute atomic E-state index is 0.157. The van der Waals surface area contributed by atoms with Crippen LogP contribution in [0.1, 0.15) is 29.8 Å². The molecule has 1 aromatic carbocycles. The molecule has 0 saturated carbocycles. The summed E-state index contributed by atoms with van der Waals surface area (Å²) in [4.78, 5) is 0. The monoisotopic (exact) mass is 281 g/mol. The van der Waals surface area contributed by atoms with Gasteiger partial charge in [0.25, 0.3) is 0 Å². The van der Waals surface area contributed by atoms with Gasteiger partial charge in [0.05, 0.1) is 10.7 Å². The molecule has 2 aromatic rings. The van der Waals surface area contributed by atoms with Crippen molar-refractivity contribution in [1.29, 1.82) is 0 Å². The minimum Gasteiger partial charge on any atom is -0.306 e. The first kappa shape index (κ1) is 14.0. The highest BCUT2D eigenvalue weighted by Crippen LogP contribution is 2.18. The molecule has 0 fully saturated rings. The van der Waals surface area contributed by atoms with Crippen LogP contribution in [0, 0.1) is 12.7 Å². The first-order chi connectivity index (χ1) is 8.97. The van der Waals surface area contributed by atoms with Crippen LogP contribution in [-0.2, 0) is 13.6 Å². The summed E-state index contributed by atoms with van der Waals surface area (Å²) in [6.07, 6.45) is 2.00. The van der Waals surface area contributed by atoms with Crippen LogP contribution in [0.25, 0.3) is 0 Å². The fraction of sp³-hybridized carbons (Fsp3) is 0.357. The van der Waals surface area contributed by atoms with E-state index >= 15 is 0 Å². The maximum Gasteiger partial charge on any atom is 0.141 e. The van der Waals surface area contributed by atoms with E-state index in [2.05, 4.69) is 17.3 Å². The second kappa shape index (κ2) is 5.72. The summed E-state index contributed by atoms with van der Waals surface area (Å²) in [5.41, 5.74) is 3.13. The van der Waals surface area contributed by atoms with Gasteiger partial charge in [-0.25, -0.2) is 4.39 Å². The maximum absolute atomic E-state index is 13.1. The van der Waals surface area contributed by atoms with E-state index < -0.39 is 0 Å². The lowest BCUT2D eigenvalue weighted by Gasteiger charge is -2.13. The zero-order valence-electron chi connectivity index (χ0n) is 11.2. The third kappa shape index (κ3) is 3.33. The van der Waals surface area contributed by atoms with Crippen molar-refractivity contribution >= 4 is 11.6 Å². The number of hydrogen-bond donors (Lipinski definition) is 1. The fourth-order valence-electron chi connectivity index (χ4n) is 2.07. The highest BCUT2D eigenvalue weighted by atomic mass is 35.5. The molecule has 1 heterocycles. The Morgan fingerprint density at radius 3 is 2.79 bits per heavy atom.